The topological polar surface area (TPSA) is 56.1 Å². The number of fused-ring (bicyclic) bond motifs is 1. The van der Waals surface area contributed by atoms with E-state index in [0.717, 1.165) is 31.0 Å². The van der Waals surface area contributed by atoms with E-state index in [1.165, 1.54) is 30.9 Å². The molecule has 1 saturated carbocycles. The maximum Gasteiger partial charge on any atom is 0.316 e. The lowest BCUT2D eigenvalue weighted by Gasteiger charge is -2.34. The van der Waals surface area contributed by atoms with Gasteiger partial charge in [-0.25, -0.2) is 15.0 Å². The van der Waals surface area contributed by atoms with E-state index in [0.29, 0.717) is 18.7 Å². The Balaban J connectivity index is 1.36. The molecule has 2 aromatic rings. The molecule has 0 spiro atoms. The van der Waals surface area contributed by atoms with Gasteiger partial charge in [-0.15, -0.1) is 0 Å². The average Bonchev–Trinajstić information content (AvgIpc) is 3.31. The highest BCUT2D eigenvalue weighted by Gasteiger charge is 2.31. The van der Waals surface area contributed by atoms with Gasteiger partial charge in [0.25, 0.3) is 0 Å². The lowest BCUT2D eigenvalue weighted by Crippen LogP contribution is -2.38. The summed E-state index contributed by atoms with van der Waals surface area (Å²) in [4.78, 5) is 15.6. The molecule has 0 aromatic carbocycles. The Morgan fingerprint density at radius 3 is 2.67 bits per heavy atom. The molecular formula is C18H25N5O. The van der Waals surface area contributed by atoms with Crippen LogP contribution in [0.5, 0.6) is 6.01 Å². The molecule has 1 fully saturated rings. The van der Waals surface area contributed by atoms with Crippen molar-refractivity contribution >= 4 is 0 Å². The van der Waals surface area contributed by atoms with Gasteiger partial charge in [-0.2, -0.15) is 0 Å². The smallest absolute Gasteiger partial charge is 0.316 e. The number of hydrogen-bond acceptors (Lipinski definition) is 5. The largest absolute Gasteiger partial charge is 0.463 e. The molecule has 0 unspecified atom stereocenters. The maximum atomic E-state index is 5.66. The van der Waals surface area contributed by atoms with Crippen LogP contribution in [-0.4, -0.2) is 44.1 Å². The Morgan fingerprint density at radius 2 is 1.92 bits per heavy atom. The minimum atomic E-state index is 0.412. The Bertz CT molecular complexity index is 692. The lowest BCUT2D eigenvalue weighted by atomic mass is 10.2. The second kappa shape index (κ2) is 6.51. The Hall–Kier alpha value is -1.95. The molecule has 2 aromatic heterocycles. The van der Waals surface area contributed by atoms with Crippen molar-refractivity contribution in [2.24, 2.45) is 5.92 Å². The molecule has 0 radical (unpaired) electrons. The van der Waals surface area contributed by atoms with Crippen molar-refractivity contribution in [1.29, 1.82) is 0 Å². The van der Waals surface area contributed by atoms with E-state index >= 15 is 0 Å². The van der Waals surface area contributed by atoms with E-state index < -0.39 is 0 Å². The van der Waals surface area contributed by atoms with Crippen molar-refractivity contribution in [1.82, 2.24) is 24.4 Å². The average molecular weight is 327 g/mol. The van der Waals surface area contributed by atoms with Gasteiger partial charge in [-0.1, -0.05) is 0 Å². The molecule has 128 valence electrons. The number of nitrogens with zero attached hydrogens (tertiary/aromatic N) is 5. The van der Waals surface area contributed by atoms with Gasteiger partial charge in [0.15, 0.2) is 0 Å². The van der Waals surface area contributed by atoms with Gasteiger partial charge >= 0.3 is 6.01 Å². The second-order valence-electron chi connectivity index (χ2n) is 7.02. The van der Waals surface area contributed by atoms with E-state index in [4.69, 9.17) is 4.74 Å². The molecule has 6 nitrogen and oxygen atoms in total. The summed E-state index contributed by atoms with van der Waals surface area (Å²) in [5, 5.41) is 0. The molecule has 1 aliphatic heterocycles. The van der Waals surface area contributed by atoms with Crippen molar-refractivity contribution in [3.05, 3.63) is 35.7 Å². The minimum absolute atomic E-state index is 0.412. The summed E-state index contributed by atoms with van der Waals surface area (Å²) in [6.07, 6.45) is 9.20. The molecule has 2 aliphatic rings. The van der Waals surface area contributed by atoms with Gasteiger partial charge in [0, 0.05) is 50.3 Å². The standard InChI is InChI=1S/C18H25N5O/c1-13-9-20-18(21-10-13)24-8-5-16-11-19-17-14(2)22(6-7-23(16)17)12-15-3-4-15/h9-11,14-15H,3-8,12H2,1-2H3/t14-/m1/s1. The predicted octanol–water partition coefficient (Wildman–Crippen LogP) is 2.39. The zero-order valence-corrected chi connectivity index (χ0v) is 14.5. The fraction of sp³-hybridized carbons (Fsp3) is 0.611. The number of imidazole rings is 1. The van der Waals surface area contributed by atoms with Crippen LogP contribution in [0.2, 0.25) is 0 Å². The van der Waals surface area contributed by atoms with Crippen LogP contribution in [0.3, 0.4) is 0 Å². The molecule has 6 heteroatoms. The molecule has 0 saturated heterocycles. The van der Waals surface area contributed by atoms with Crippen LogP contribution >= 0.6 is 0 Å². The highest BCUT2D eigenvalue weighted by atomic mass is 16.5. The first-order valence-corrected chi connectivity index (χ1v) is 8.90. The van der Waals surface area contributed by atoms with E-state index in [1.54, 1.807) is 12.4 Å². The van der Waals surface area contributed by atoms with E-state index in [-0.39, 0.29) is 0 Å². The first-order chi connectivity index (χ1) is 11.7. The number of ether oxygens (including phenoxy) is 1. The highest BCUT2D eigenvalue weighted by molar-refractivity contribution is 5.12. The Labute approximate surface area is 142 Å². The maximum absolute atomic E-state index is 5.66. The third kappa shape index (κ3) is 3.29. The molecule has 3 heterocycles. The highest BCUT2D eigenvalue weighted by Crippen LogP contribution is 2.34. The normalized spacial score (nSPS) is 20.8. The van der Waals surface area contributed by atoms with Crippen molar-refractivity contribution in [3.63, 3.8) is 0 Å². The first-order valence-electron chi connectivity index (χ1n) is 8.90. The SMILES string of the molecule is Cc1cnc(OCCc2cnc3n2CCN(CC2CC2)[C@@H]3C)nc1. The van der Waals surface area contributed by atoms with Crippen molar-refractivity contribution in [2.75, 3.05) is 19.7 Å². The summed E-state index contributed by atoms with van der Waals surface area (Å²) < 4.78 is 8.03. The van der Waals surface area contributed by atoms with Gasteiger partial charge in [-0.3, -0.25) is 4.90 Å². The fourth-order valence-corrected chi connectivity index (χ4v) is 3.39. The van der Waals surface area contributed by atoms with E-state index in [9.17, 15) is 0 Å². The number of rotatable bonds is 6. The molecule has 1 atom stereocenters. The number of aryl methyl sites for hydroxylation is 1. The molecule has 0 amide bonds. The Morgan fingerprint density at radius 1 is 1.12 bits per heavy atom. The molecule has 24 heavy (non-hydrogen) atoms. The van der Waals surface area contributed by atoms with Crippen molar-refractivity contribution < 1.29 is 4.74 Å². The third-order valence-corrected chi connectivity index (χ3v) is 5.04. The van der Waals surface area contributed by atoms with Crippen molar-refractivity contribution in [2.45, 2.75) is 45.7 Å². The van der Waals surface area contributed by atoms with Crippen LogP contribution in [-0.2, 0) is 13.0 Å². The second-order valence-corrected chi connectivity index (χ2v) is 7.02. The van der Waals surface area contributed by atoms with Crippen LogP contribution in [0.25, 0.3) is 0 Å². The molecule has 0 N–H and O–H groups in total. The summed E-state index contributed by atoms with van der Waals surface area (Å²) >= 11 is 0. The number of hydrogen-bond donors (Lipinski definition) is 0. The summed E-state index contributed by atoms with van der Waals surface area (Å²) in [7, 11) is 0. The van der Waals surface area contributed by atoms with Crippen LogP contribution in [0.1, 0.15) is 42.9 Å². The molecular weight excluding hydrogens is 302 g/mol. The minimum Gasteiger partial charge on any atom is -0.463 e. The van der Waals surface area contributed by atoms with E-state index in [1.807, 2.05) is 13.1 Å². The van der Waals surface area contributed by atoms with Crippen LogP contribution in [0.4, 0.5) is 0 Å². The third-order valence-electron chi connectivity index (χ3n) is 5.04. The summed E-state index contributed by atoms with van der Waals surface area (Å²) in [5.74, 6) is 2.12. The number of aromatic nitrogens is 4. The summed E-state index contributed by atoms with van der Waals surface area (Å²) in [6, 6.07) is 0.859. The van der Waals surface area contributed by atoms with Gasteiger partial charge in [0.05, 0.1) is 12.6 Å². The zero-order chi connectivity index (χ0) is 16.5. The molecule has 0 bridgehead atoms. The quantitative estimate of drug-likeness (QED) is 0.815. The lowest BCUT2D eigenvalue weighted by molar-refractivity contribution is 0.156. The first kappa shape index (κ1) is 15.6. The van der Waals surface area contributed by atoms with Crippen LogP contribution in [0.15, 0.2) is 18.6 Å². The van der Waals surface area contributed by atoms with Crippen LogP contribution < -0.4 is 4.74 Å². The van der Waals surface area contributed by atoms with Gasteiger partial charge < -0.3 is 9.30 Å². The van der Waals surface area contributed by atoms with Crippen LogP contribution in [0, 0.1) is 12.8 Å². The fourth-order valence-electron chi connectivity index (χ4n) is 3.39. The molecule has 1 aliphatic carbocycles. The van der Waals surface area contributed by atoms with Gasteiger partial charge in [-0.05, 0) is 38.2 Å². The van der Waals surface area contributed by atoms with Gasteiger partial charge in [0.2, 0.25) is 0 Å². The molecule has 4 rings (SSSR count). The van der Waals surface area contributed by atoms with E-state index in [2.05, 4.69) is 31.3 Å². The monoisotopic (exact) mass is 327 g/mol. The predicted molar refractivity (Wildman–Crippen MR) is 90.9 cm³/mol. The summed E-state index contributed by atoms with van der Waals surface area (Å²) in [5.41, 5.74) is 2.28. The Kier molecular flexibility index (Phi) is 4.22. The zero-order valence-electron chi connectivity index (χ0n) is 14.5. The van der Waals surface area contributed by atoms with Crippen molar-refractivity contribution in [3.8, 4) is 6.01 Å². The van der Waals surface area contributed by atoms with Gasteiger partial charge in [0.1, 0.15) is 5.82 Å². The summed E-state index contributed by atoms with van der Waals surface area (Å²) in [6.45, 7) is 8.21.